The summed E-state index contributed by atoms with van der Waals surface area (Å²) in [4.78, 5) is 10.5. The van der Waals surface area contributed by atoms with Gasteiger partial charge in [0.15, 0.2) is 5.25 Å². The van der Waals surface area contributed by atoms with Crippen LogP contribution in [0.4, 0.5) is 0 Å². The molecule has 0 saturated heterocycles. The molecule has 0 aliphatic carbocycles. The summed E-state index contributed by atoms with van der Waals surface area (Å²) in [5, 5.41) is 3.35. The normalized spacial score (nSPS) is 14.3. The molecule has 0 fully saturated rings. The van der Waals surface area contributed by atoms with Gasteiger partial charge in [0.1, 0.15) is 0 Å². The number of primary sulfonamides is 1. The number of carbonyl (C=O) groups excluding carboxylic acids is 1. The van der Waals surface area contributed by atoms with Crippen LogP contribution in [0.3, 0.4) is 0 Å². The summed E-state index contributed by atoms with van der Waals surface area (Å²) in [5.41, 5.74) is 0. The maximum absolute atomic E-state index is 10.5. The Bertz CT molecular complexity index is 219. The first-order valence-electron chi connectivity index (χ1n) is 2.49. The van der Waals surface area contributed by atoms with E-state index in [0.717, 1.165) is 7.11 Å². The second-order valence-corrected chi connectivity index (χ2v) is 3.64. The van der Waals surface area contributed by atoms with Gasteiger partial charge in [-0.3, -0.25) is 4.79 Å². The second kappa shape index (κ2) is 2.98. The Morgan fingerprint density at radius 1 is 1.60 bits per heavy atom. The van der Waals surface area contributed by atoms with Crippen molar-refractivity contribution in [1.29, 1.82) is 0 Å². The Kier molecular flexibility index (Phi) is 2.79. The van der Waals surface area contributed by atoms with E-state index in [1.807, 2.05) is 0 Å². The van der Waals surface area contributed by atoms with Gasteiger partial charge in [-0.15, -0.1) is 0 Å². The fourth-order valence-electron chi connectivity index (χ4n) is 0.300. The van der Waals surface area contributed by atoms with Crippen LogP contribution in [0.25, 0.3) is 0 Å². The van der Waals surface area contributed by atoms with Crippen molar-refractivity contribution in [3.8, 4) is 0 Å². The van der Waals surface area contributed by atoms with Crippen LogP contribution in [0.2, 0.25) is 0 Å². The maximum Gasteiger partial charge on any atom is 0.325 e. The van der Waals surface area contributed by atoms with Gasteiger partial charge in [0.2, 0.25) is 10.0 Å². The van der Waals surface area contributed by atoms with Gasteiger partial charge >= 0.3 is 5.97 Å². The maximum atomic E-state index is 10.5. The zero-order valence-electron chi connectivity index (χ0n) is 5.70. The lowest BCUT2D eigenvalue weighted by Gasteiger charge is -2.04. The summed E-state index contributed by atoms with van der Waals surface area (Å²) in [5.74, 6) is -0.845. The molecule has 0 aliphatic rings. The van der Waals surface area contributed by atoms with E-state index in [-0.39, 0.29) is 0 Å². The molecule has 2 N–H and O–H groups in total. The van der Waals surface area contributed by atoms with E-state index in [2.05, 4.69) is 9.88 Å². The highest BCUT2D eigenvalue weighted by molar-refractivity contribution is 7.90. The standard InChI is InChI=1S/C4H9NO4S/c1-3(4(6)9-2)10(5,7)8/h3H,1-2H3,(H2,5,7,8)/t3-/m1/s1. The van der Waals surface area contributed by atoms with Crippen molar-refractivity contribution in [1.82, 2.24) is 0 Å². The molecular formula is C4H9NO4S. The van der Waals surface area contributed by atoms with E-state index in [4.69, 9.17) is 0 Å². The minimum absolute atomic E-state index is 0.845. The molecule has 0 unspecified atom stereocenters. The van der Waals surface area contributed by atoms with E-state index < -0.39 is 21.2 Å². The third kappa shape index (κ3) is 2.32. The van der Waals surface area contributed by atoms with Crippen LogP contribution in [0.5, 0.6) is 0 Å². The third-order valence-electron chi connectivity index (χ3n) is 1.03. The molecule has 0 aromatic carbocycles. The van der Waals surface area contributed by atoms with Crippen molar-refractivity contribution >= 4 is 16.0 Å². The predicted octanol–water partition coefficient (Wildman–Crippen LogP) is -1.16. The molecule has 5 nitrogen and oxygen atoms in total. The molecule has 0 radical (unpaired) electrons. The SMILES string of the molecule is COC(=O)[C@@H](C)S(N)(=O)=O. The molecule has 0 bridgehead atoms. The molecule has 0 aromatic rings. The predicted molar refractivity (Wildman–Crippen MR) is 34.6 cm³/mol. The summed E-state index contributed by atoms with van der Waals surface area (Å²) in [6.45, 7) is 1.17. The van der Waals surface area contributed by atoms with Crippen LogP contribution in [0.1, 0.15) is 6.92 Å². The molecule has 0 heterocycles. The van der Waals surface area contributed by atoms with Crippen LogP contribution in [-0.2, 0) is 19.6 Å². The molecule has 6 heteroatoms. The Morgan fingerprint density at radius 3 is 2.10 bits per heavy atom. The van der Waals surface area contributed by atoms with Gasteiger partial charge < -0.3 is 4.74 Å². The van der Waals surface area contributed by atoms with Crippen molar-refractivity contribution in [3.05, 3.63) is 0 Å². The van der Waals surface area contributed by atoms with Crippen LogP contribution in [0.15, 0.2) is 0 Å². The minimum Gasteiger partial charge on any atom is -0.468 e. The van der Waals surface area contributed by atoms with Crippen molar-refractivity contribution in [3.63, 3.8) is 0 Å². The van der Waals surface area contributed by atoms with E-state index in [0.29, 0.717) is 0 Å². The quantitative estimate of drug-likeness (QED) is 0.525. The van der Waals surface area contributed by atoms with Crippen molar-refractivity contribution < 1.29 is 17.9 Å². The second-order valence-electron chi connectivity index (χ2n) is 1.75. The minimum atomic E-state index is -3.79. The van der Waals surface area contributed by atoms with Gasteiger partial charge in [0.25, 0.3) is 0 Å². The monoisotopic (exact) mass is 167 g/mol. The zero-order valence-corrected chi connectivity index (χ0v) is 6.51. The number of rotatable bonds is 2. The Balaban J connectivity index is 4.39. The Morgan fingerprint density at radius 2 is 2.00 bits per heavy atom. The first kappa shape index (κ1) is 9.38. The number of carbonyl (C=O) groups is 1. The first-order chi connectivity index (χ1) is 4.39. The van der Waals surface area contributed by atoms with Gasteiger partial charge in [-0.2, -0.15) is 0 Å². The first-order valence-corrected chi connectivity index (χ1v) is 4.10. The van der Waals surface area contributed by atoms with Gasteiger partial charge in [0, 0.05) is 0 Å². The van der Waals surface area contributed by atoms with Gasteiger partial charge in [0.05, 0.1) is 7.11 Å². The lowest BCUT2D eigenvalue weighted by atomic mass is 10.5. The highest BCUT2D eigenvalue weighted by Gasteiger charge is 2.24. The fourth-order valence-corrected chi connectivity index (χ4v) is 0.665. The number of hydrogen-bond donors (Lipinski definition) is 1. The molecule has 0 saturated carbocycles. The number of ether oxygens (including phenoxy) is 1. The summed E-state index contributed by atoms with van der Waals surface area (Å²) < 4.78 is 25.0. The molecule has 0 rings (SSSR count). The Labute approximate surface area is 59.2 Å². The lowest BCUT2D eigenvalue weighted by molar-refractivity contribution is -0.139. The van der Waals surface area contributed by atoms with Crippen LogP contribution >= 0.6 is 0 Å². The average Bonchev–Trinajstić information content (AvgIpc) is 1.83. The fraction of sp³-hybridized carbons (Fsp3) is 0.750. The highest BCUT2D eigenvalue weighted by atomic mass is 32.2. The number of methoxy groups -OCH3 is 1. The molecule has 0 aliphatic heterocycles. The van der Waals surface area contributed by atoms with E-state index >= 15 is 0 Å². The van der Waals surface area contributed by atoms with Crippen LogP contribution in [0, 0.1) is 0 Å². The van der Waals surface area contributed by atoms with Crippen molar-refractivity contribution in [2.45, 2.75) is 12.2 Å². The molecular weight excluding hydrogens is 158 g/mol. The number of nitrogens with two attached hydrogens (primary N) is 1. The molecule has 10 heavy (non-hydrogen) atoms. The van der Waals surface area contributed by atoms with Crippen molar-refractivity contribution in [2.24, 2.45) is 5.14 Å². The average molecular weight is 167 g/mol. The largest absolute Gasteiger partial charge is 0.468 e. The van der Waals surface area contributed by atoms with E-state index in [1.165, 1.54) is 6.92 Å². The molecule has 0 amide bonds. The molecule has 1 atom stereocenters. The highest BCUT2D eigenvalue weighted by Crippen LogP contribution is 1.95. The molecule has 0 aromatic heterocycles. The number of sulfonamides is 1. The summed E-state index contributed by atoms with van der Waals surface area (Å²) in [7, 11) is -2.69. The smallest absolute Gasteiger partial charge is 0.325 e. The summed E-state index contributed by atoms with van der Waals surface area (Å²) >= 11 is 0. The number of esters is 1. The van der Waals surface area contributed by atoms with E-state index in [9.17, 15) is 13.2 Å². The zero-order chi connectivity index (χ0) is 8.36. The Hall–Kier alpha value is -0.620. The van der Waals surface area contributed by atoms with Gasteiger partial charge in [-0.1, -0.05) is 0 Å². The molecule has 0 spiro atoms. The van der Waals surface area contributed by atoms with Crippen molar-refractivity contribution in [2.75, 3.05) is 7.11 Å². The lowest BCUT2D eigenvalue weighted by Crippen LogP contribution is -2.33. The third-order valence-corrected chi connectivity index (χ3v) is 2.20. The van der Waals surface area contributed by atoms with Crippen LogP contribution in [-0.4, -0.2) is 26.7 Å². The number of hydrogen-bond acceptors (Lipinski definition) is 4. The van der Waals surface area contributed by atoms with Gasteiger partial charge in [-0.05, 0) is 6.92 Å². The summed E-state index contributed by atoms with van der Waals surface area (Å²) in [6.07, 6.45) is 0. The topological polar surface area (TPSA) is 86.5 Å². The van der Waals surface area contributed by atoms with Gasteiger partial charge in [-0.25, -0.2) is 13.6 Å². The summed E-state index contributed by atoms with van der Waals surface area (Å²) in [6, 6.07) is 0. The molecule has 60 valence electrons. The van der Waals surface area contributed by atoms with E-state index in [1.54, 1.807) is 0 Å². The van der Waals surface area contributed by atoms with Crippen LogP contribution < -0.4 is 5.14 Å².